The second-order valence-electron chi connectivity index (χ2n) is 8.10. The lowest BCUT2D eigenvalue weighted by Crippen LogP contribution is -2.19. The number of carbonyl (C=O) groups is 1. The molecular formula is C25H27N7O2S. The summed E-state index contributed by atoms with van der Waals surface area (Å²) in [4.78, 5) is 30.1. The Morgan fingerprint density at radius 3 is 2.91 bits per heavy atom. The maximum Gasteiger partial charge on any atom is 0.251 e. The van der Waals surface area contributed by atoms with E-state index in [1.165, 1.54) is 6.33 Å². The lowest BCUT2D eigenvalue weighted by atomic mass is 9.96. The molecule has 0 aliphatic carbocycles. The van der Waals surface area contributed by atoms with Gasteiger partial charge in [0, 0.05) is 48.9 Å². The third-order valence-corrected chi connectivity index (χ3v) is 5.86. The predicted molar refractivity (Wildman–Crippen MR) is 142 cm³/mol. The highest BCUT2D eigenvalue weighted by atomic mass is 32.1. The minimum Gasteiger partial charge on any atom is -0.488 e. The van der Waals surface area contributed by atoms with Crippen molar-refractivity contribution in [3.8, 4) is 17.0 Å². The standard InChI is InChI=1S/C25H25N7O2.H2S/c1-15(17-4-3-5-18-19(25(33)26-2)6-7-27-23(17)18)12-29-22-11-20(31-14-32-22)16-10-21-24(30-13-16)28-8-9-34-21;/h3-7,10-11,13-15H,8-9,12H2,1-2H3,(H,26,33)(H,28,30)(H,29,31,32);1H2/t15-;/m1./s1. The van der Waals surface area contributed by atoms with Crippen LogP contribution in [0.25, 0.3) is 22.2 Å². The van der Waals surface area contributed by atoms with Crippen LogP contribution in [-0.4, -0.2) is 52.6 Å². The fraction of sp³-hybridized carbons (Fsp3) is 0.240. The van der Waals surface area contributed by atoms with Gasteiger partial charge in [0.25, 0.3) is 5.91 Å². The molecule has 0 bridgehead atoms. The fourth-order valence-corrected chi connectivity index (χ4v) is 4.07. The molecule has 180 valence electrons. The number of fused-ring (bicyclic) bond motifs is 2. The van der Waals surface area contributed by atoms with Crippen LogP contribution in [0.1, 0.15) is 28.8 Å². The monoisotopic (exact) mass is 489 g/mol. The van der Waals surface area contributed by atoms with Gasteiger partial charge in [-0.05, 0) is 17.7 Å². The van der Waals surface area contributed by atoms with Gasteiger partial charge in [-0.15, -0.1) is 0 Å². The van der Waals surface area contributed by atoms with E-state index in [4.69, 9.17) is 4.74 Å². The summed E-state index contributed by atoms with van der Waals surface area (Å²) in [7, 11) is 1.63. The Labute approximate surface area is 210 Å². The van der Waals surface area contributed by atoms with E-state index in [9.17, 15) is 4.79 Å². The highest BCUT2D eigenvalue weighted by Gasteiger charge is 2.16. The van der Waals surface area contributed by atoms with Crippen molar-refractivity contribution >= 4 is 41.9 Å². The quantitative estimate of drug-likeness (QED) is 0.377. The second kappa shape index (κ2) is 10.6. The van der Waals surface area contributed by atoms with Crippen LogP contribution in [0, 0.1) is 0 Å². The number of hydrogen-bond donors (Lipinski definition) is 3. The van der Waals surface area contributed by atoms with Gasteiger partial charge < -0.3 is 20.7 Å². The van der Waals surface area contributed by atoms with E-state index in [1.54, 1.807) is 25.5 Å². The van der Waals surface area contributed by atoms with E-state index in [1.807, 2.05) is 30.3 Å². The molecule has 5 rings (SSSR count). The van der Waals surface area contributed by atoms with E-state index in [0.717, 1.165) is 45.8 Å². The van der Waals surface area contributed by atoms with Crippen LogP contribution in [0.5, 0.6) is 5.75 Å². The number of ether oxygens (including phenoxy) is 1. The van der Waals surface area contributed by atoms with Crippen molar-refractivity contribution in [2.75, 3.05) is 37.4 Å². The number of nitrogens with zero attached hydrogens (tertiary/aromatic N) is 4. The van der Waals surface area contributed by atoms with Crippen molar-refractivity contribution in [3.05, 3.63) is 66.2 Å². The van der Waals surface area contributed by atoms with Crippen LogP contribution in [0.15, 0.2) is 55.1 Å². The molecule has 9 nitrogen and oxygen atoms in total. The van der Waals surface area contributed by atoms with Gasteiger partial charge in [0.1, 0.15) is 18.8 Å². The number of pyridine rings is 2. The third kappa shape index (κ3) is 4.97. The summed E-state index contributed by atoms with van der Waals surface area (Å²) in [5.74, 6) is 2.19. The molecule has 35 heavy (non-hydrogen) atoms. The number of aromatic nitrogens is 4. The minimum absolute atomic E-state index is 0. The van der Waals surface area contributed by atoms with Crippen LogP contribution >= 0.6 is 13.5 Å². The lowest BCUT2D eigenvalue weighted by Gasteiger charge is -2.18. The first-order chi connectivity index (χ1) is 16.6. The number of anilines is 2. The van der Waals surface area contributed by atoms with Gasteiger partial charge in [-0.3, -0.25) is 9.78 Å². The highest BCUT2D eigenvalue weighted by Crippen LogP contribution is 2.30. The molecule has 3 N–H and O–H groups in total. The van der Waals surface area contributed by atoms with Gasteiger partial charge in [0.05, 0.1) is 23.3 Å². The number of amides is 1. The fourth-order valence-electron chi connectivity index (χ4n) is 4.07. The first kappa shape index (κ1) is 24.2. The molecule has 4 aromatic rings. The zero-order valence-corrected chi connectivity index (χ0v) is 20.5. The van der Waals surface area contributed by atoms with Crippen LogP contribution in [-0.2, 0) is 0 Å². The van der Waals surface area contributed by atoms with Crippen molar-refractivity contribution in [1.82, 2.24) is 25.3 Å². The van der Waals surface area contributed by atoms with Crippen LogP contribution in [0.4, 0.5) is 11.6 Å². The Balaban J connectivity index is 0.00000289. The summed E-state index contributed by atoms with van der Waals surface area (Å²) in [6.07, 6.45) is 5.00. The minimum atomic E-state index is -0.123. The molecule has 0 spiro atoms. The molecule has 3 aromatic heterocycles. The molecule has 0 fully saturated rings. The molecule has 1 aliphatic rings. The Kier molecular flexibility index (Phi) is 7.31. The summed E-state index contributed by atoms with van der Waals surface area (Å²) >= 11 is 0. The molecule has 0 radical (unpaired) electrons. The smallest absolute Gasteiger partial charge is 0.251 e. The van der Waals surface area contributed by atoms with Gasteiger partial charge in [-0.1, -0.05) is 25.1 Å². The molecule has 1 aromatic carbocycles. The highest BCUT2D eigenvalue weighted by molar-refractivity contribution is 7.59. The maximum absolute atomic E-state index is 12.3. The number of para-hydroxylation sites is 1. The van der Waals surface area contributed by atoms with Gasteiger partial charge in [-0.2, -0.15) is 13.5 Å². The molecule has 10 heteroatoms. The van der Waals surface area contributed by atoms with Crippen molar-refractivity contribution in [2.45, 2.75) is 12.8 Å². The number of nitrogens with one attached hydrogen (secondary N) is 3. The van der Waals surface area contributed by atoms with Gasteiger partial charge >= 0.3 is 0 Å². The number of rotatable bonds is 6. The molecule has 0 unspecified atom stereocenters. The molecule has 0 saturated heterocycles. The molecular weight excluding hydrogens is 462 g/mol. The zero-order valence-electron chi connectivity index (χ0n) is 19.5. The SMILES string of the molecule is CNC(=O)c1ccnc2c([C@H](C)CNc3cc(-c4cnc5c(c4)OCCN5)ncn3)cccc12.S. The Hall–Kier alpha value is -3.92. The van der Waals surface area contributed by atoms with Crippen molar-refractivity contribution < 1.29 is 9.53 Å². The average molecular weight is 490 g/mol. The molecule has 0 saturated carbocycles. The Bertz CT molecular complexity index is 1360. The number of benzene rings is 1. The summed E-state index contributed by atoms with van der Waals surface area (Å²) < 4.78 is 5.69. The van der Waals surface area contributed by atoms with Crippen LogP contribution in [0.2, 0.25) is 0 Å². The lowest BCUT2D eigenvalue weighted by molar-refractivity contribution is 0.0964. The molecule has 1 aliphatic heterocycles. The summed E-state index contributed by atoms with van der Waals surface area (Å²) in [5, 5.41) is 10.2. The molecule has 1 atom stereocenters. The first-order valence-electron chi connectivity index (χ1n) is 11.2. The number of hydrogen-bond acceptors (Lipinski definition) is 8. The average Bonchev–Trinajstić information content (AvgIpc) is 2.90. The van der Waals surface area contributed by atoms with Crippen LogP contribution < -0.4 is 20.7 Å². The predicted octanol–water partition coefficient (Wildman–Crippen LogP) is 3.58. The van der Waals surface area contributed by atoms with E-state index >= 15 is 0 Å². The third-order valence-electron chi connectivity index (χ3n) is 5.86. The normalized spacial score (nSPS) is 13.0. The van der Waals surface area contributed by atoms with E-state index < -0.39 is 0 Å². The van der Waals surface area contributed by atoms with Gasteiger partial charge in [-0.25, -0.2) is 15.0 Å². The molecule has 4 heterocycles. The zero-order chi connectivity index (χ0) is 23.5. The van der Waals surface area contributed by atoms with E-state index in [2.05, 4.69) is 42.8 Å². The van der Waals surface area contributed by atoms with Crippen LogP contribution in [0.3, 0.4) is 0 Å². The first-order valence-corrected chi connectivity index (χ1v) is 11.2. The summed E-state index contributed by atoms with van der Waals surface area (Å²) in [6, 6.07) is 11.5. The molecule has 1 amide bonds. The maximum atomic E-state index is 12.3. The van der Waals surface area contributed by atoms with Crippen molar-refractivity contribution in [2.24, 2.45) is 0 Å². The summed E-state index contributed by atoms with van der Waals surface area (Å²) in [5.41, 5.74) is 4.13. The largest absolute Gasteiger partial charge is 0.488 e. The van der Waals surface area contributed by atoms with Gasteiger partial charge in [0.2, 0.25) is 0 Å². The second-order valence-corrected chi connectivity index (χ2v) is 8.10. The number of carbonyl (C=O) groups excluding carboxylic acids is 1. The van der Waals surface area contributed by atoms with E-state index in [0.29, 0.717) is 24.5 Å². The van der Waals surface area contributed by atoms with Crippen molar-refractivity contribution in [3.63, 3.8) is 0 Å². The van der Waals surface area contributed by atoms with Gasteiger partial charge in [0.15, 0.2) is 11.6 Å². The van der Waals surface area contributed by atoms with Crippen molar-refractivity contribution in [1.29, 1.82) is 0 Å². The Morgan fingerprint density at radius 2 is 2.06 bits per heavy atom. The summed E-state index contributed by atoms with van der Waals surface area (Å²) in [6.45, 7) is 4.12. The Morgan fingerprint density at radius 1 is 1.17 bits per heavy atom. The topological polar surface area (TPSA) is 114 Å². The van der Waals surface area contributed by atoms with E-state index in [-0.39, 0.29) is 25.3 Å².